The van der Waals surface area contributed by atoms with Crippen molar-refractivity contribution in [2.24, 2.45) is 11.8 Å². The van der Waals surface area contributed by atoms with Crippen LogP contribution >= 0.6 is 0 Å². The van der Waals surface area contributed by atoms with E-state index in [2.05, 4.69) is 34.6 Å². The molecule has 0 amide bonds. The number of carbonyl (C=O) groups excluding carboxylic acids is 3. The molecule has 0 saturated carbocycles. The maximum atomic E-state index is 12.8. The number of carbonyl (C=O) groups is 3. The second-order valence-corrected chi connectivity index (χ2v) is 20.9. The predicted octanol–water partition coefficient (Wildman–Crippen LogP) is 18.9. The molecule has 380 valence electrons. The molecule has 0 rings (SSSR count). The average molecular weight is 906 g/mol. The van der Waals surface area contributed by atoms with Crippen LogP contribution in [0.1, 0.15) is 324 Å². The summed E-state index contributed by atoms with van der Waals surface area (Å²) in [6.07, 6.45) is 53.8. The van der Waals surface area contributed by atoms with Gasteiger partial charge in [-0.25, -0.2) is 0 Å². The third-order valence-corrected chi connectivity index (χ3v) is 13.2. The molecule has 0 aromatic carbocycles. The zero-order valence-corrected chi connectivity index (χ0v) is 43.9. The average Bonchev–Trinajstić information content (AvgIpc) is 3.27. The van der Waals surface area contributed by atoms with Crippen molar-refractivity contribution in [1.29, 1.82) is 0 Å². The van der Waals surface area contributed by atoms with Gasteiger partial charge in [-0.15, -0.1) is 0 Å². The molecule has 0 unspecified atom stereocenters. The first kappa shape index (κ1) is 62.4. The number of hydrogen-bond donors (Lipinski definition) is 0. The number of esters is 3. The maximum Gasteiger partial charge on any atom is 0.306 e. The van der Waals surface area contributed by atoms with E-state index in [0.717, 1.165) is 69.6 Å². The highest BCUT2D eigenvalue weighted by Crippen LogP contribution is 2.18. The minimum atomic E-state index is -0.762. The number of hydrogen-bond acceptors (Lipinski definition) is 6. The van der Waals surface area contributed by atoms with E-state index in [-0.39, 0.29) is 31.1 Å². The molecular formula is C58H112O6. The van der Waals surface area contributed by atoms with Gasteiger partial charge in [0.05, 0.1) is 0 Å². The van der Waals surface area contributed by atoms with Crippen LogP contribution in [0.25, 0.3) is 0 Å². The van der Waals surface area contributed by atoms with Gasteiger partial charge in [-0.05, 0) is 31.1 Å². The van der Waals surface area contributed by atoms with Gasteiger partial charge in [0.1, 0.15) is 13.2 Å². The minimum absolute atomic E-state index is 0.0627. The molecule has 6 heteroatoms. The molecular weight excluding hydrogens is 793 g/mol. The van der Waals surface area contributed by atoms with Gasteiger partial charge in [-0.1, -0.05) is 285 Å². The molecule has 0 aromatic rings. The molecule has 0 saturated heterocycles. The van der Waals surface area contributed by atoms with Gasteiger partial charge in [0.25, 0.3) is 0 Å². The van der Waals surface area contributed by atoms with Crippen molar-refractivity contribution in [2.45, 2.75) is 330 Å². The van der Waals surface area contributed by atoms with Gasteiger partial charge in [0, 0.05) is 19.3 Å². The normalized spacial score (nSPS) is 12.0. The minimum Gasteiger partial charge on any atom is -0.462 e. The van der Waals surface area contributed by atoms with E-state index in [4.69, 9.17) is 14.2 Å². The molecule has 0 aliphatic heterocycles. The summed E-state index contributed by atoms with van der Waals surface area (Å²) in [4.78, 5) is 38.1. The third-order valence-electron chi connectivity index (χ3n) is 13.2. The number of rotatable bonds is 52. The zero-order chi connectivity index (χ0) is 46.8. The van der Waals surface area contributed by atoms with Crippen LogP contribution in [0.2, 0.25) is 0 Å². The van der Waals surface area contributed by atoms with Crippen LogP contribution in [0.15, 0.2) is 0 Å². The van der Waals surface area contributed by atoms with Crippen molar-refractivity contribution >= 4 is 17.9 Å². The Morgan fingerprint density at radius 1 is 0.297 bits per heavy atom. The highest BCUT2D eigenvalue weighted by atomic mass is 16.6. The predicted molar refractivity (Wildman–Crippen MR) is 275 cm³/mol. The summed E-state index contributed by atoms with van der Waals surface area (Å²) in [7, 11) is 0. The molecule has 0 N–H and O–H groups in total. The Bertz CT molecular complexity index is 978. The largest absolute Gasteiger partial charge is 0.462 e. The summed E-state index contributed by atoms with van der Waals surface area (Å²) in [6.45, 7) is 11.4. The first-order valence-electron chi connectivity index (χ1n) is 28.7. The van der Waals surface area contributed by atoms with Crippen LogP contribution in [0, 0.1) is 11.8 Å². The molecule has 0 aliphatic carbocycles. The van der Waals surface area contributed by atoms with Crippen molar-refractivity contribution < 1.29 is 28.6 Å². The van der Waals surface area contributed by atoms with Gasteiger partial charge in [-0.3, -0.25) is 14.4 Å². The Hall–Kier alpha value is -1.59. The molecule has 6 nitrogen and oxygen atoms in total. The Morgan fingerprint density at radius 3 is 0.766 bits per heavy atom. The lowest BCUT2D eigenvalue weighted by atomic mass is 10.0. The molecule has 0 bridgehead atoms. The lowest BCUT2D eigenvalue weighted by Gasteiger charge is -2.18. The van der Waals surface area contributed by atoms with Gasteiger partial charge in [-0.2, -0.15) is 0 Å². The van der Waals surface area contributed by atoms with Crippen LogP contribution < -0.4 is 0 Å². The first-order valence-corrected chi connectivity index (χ1v) is 28.7. The summed E-state index contributed by atoms with van der Waals surface area (Å²) in [5, 5.41) is 0. The molecule has 0 radical (unpaired) electrons. The van der Waals surface area contributed by atoms with E-state index in [9.17, 15) is 14.4 Å². The van der Waals surface area contributed by atoms with Crippen LogP contribution in [0.3, 0.4) is 0 Å². The lowest BCUT2D eigenvalue weighted by molar-refractivity contribution is -0.167. The van der Waals surface area contributed by atoms with Crippen LogP contribution in [0.4, 0.5) is 0 Å². The third kappa shape index (κ3) is 51.4. The van der Waals surface area contributed by atoms with Crippen molar-refractivity contribution in [3.05, 3.63) is 0 Å². The van der Waals surface area contributed by atoms with Crippen molar-refractivity contribution in [2.75, 3.05) is 13.2 Å². The fourth-order valence-corrected chi connectivity index (χ4v) is 8.87. The summed E-state index contributed by atoms with van der Waals surface area (Å²) in [5.41, 5.74) is 0. The second kappa shape index (κ2) is 50.8. The monoisotopic (exact) mass is 905 g/mol. The Balaban J connectivity index is 4.28. The molecule has 0 spiro atoms. The van der Waals surface area contributed by atoms with Gasteiger partial charge < -0.3 is 14.2 Å². The van der Waals surface area contributed by atoms with Crippen LogP contribution in [-0.4, -0.2) is 37.2 Å². The summed E-state index contributed by atoms with van der Waals surface area (Å²) >= 11 is 0. The van der Waals surface area contributed by atoms with Crippen molar-refractivity contribution in [1.82, 2.24) is 0 Å². The van der Waals surface area contributed by atoms with E-state index in [0.29, 0.717) is 19.3 Å². The highest BCUT2D eigenvalue weighted by molar-refractivity contribution is 5.71. The molecule has 1 atom stereocenters. The fourth-order valence-electron chi connectivity index (χ4n) is 8.87. The van der Waals surface area contributed by atoms with Gasteiger partial charge in [0.15, 0.2) is 6.10 Å². The van der Waals surface area contributed by atoms with Gasteiger partial charge >= 0.3 is 17.9 Å². The summed E-state index contributed by atoms with van der Waals surface area (Å²) < 4.78 is 16.9. The van der Waals surface area contributed by atoms with E-state index in [1.165, 1.54) is 212 Å². The van der Waals surface area contributed by atoms with E-state index in [1.807, 2.05) is 0 Å². The Kier molecular flexibility index (Phi) is 49.6. The molecule has 0 fully saturated rings. The van der Waals surface area contributed by atoms with Crippen molar-refractivity contribution in [3.63, 3.8) is 0 Å². The molecule has 0 aromatic heterocycles. The molecule has 0 heterocycles. The molecule has 0 aliphatic rings. The Labute approximate surface area is 399 Å². The second-order valence-electron chi connectivity index (χ2n) is 20.9. The lowest BCUT2D eigenvalue weighted by Crippen LogP contribution is -2.30. The zero-order valence-electron chi connectivity index (χ0n) is 43.9. The standard InChI is InChI=1S/C58H112O6/c1-6-7-8-9-10-11-12-13-18-23-28-33-38-43-48-56(59)62-51-55(64-58(61)50-45-40-35-30-25-20-22-27-32-37-42-47-54(4)5)52-63-57(60)49-44-39-34-29-24-19-16-14-15-17-21-26-31-36-41-46-53(2)3/h53-55H,6-52H2,1-5H3/t55-/m0/s1. The van der Waals surface area contributed by atoms with E-state index >= 15 is 0 Å². The number of ether oxygens (including phenoxy) is 3. The topological polar surface area (TPSA) is 78.9 Å². The first-order chi connectivity index (χ1) is 31.2. The summed E-state index contributed by atoms with van der Waals surface area (Å²) in [6, 6.07) is 0. The SMILES string of the molecule is CCCCCCCCCCCCCCCCC(=O)OC[C@@H](COC(=O)CCCCCCCCCCCCCCCCCC(C)C)OC(=O)CCCCCCCCCCCCCC(C)C. The van der Waals surface area contributed by atoms with Crippen LogP contribution in [-0.2, 0) is 28.6 Å². The summed E-state index contributed by atoms with van der Waals surface area (Å²) in [5.74, 6) is 0.834. The van der Waals surface area contributed by atoms with Gasteiger partial charge in [0.2, 0.25) is 0 Å². The maximum absolute atomic E-state index is 12.8. The Morgan fingerprint density at radius 2 is 0.516 bits per heavy atom. The fraction of sp³-hybridized carbons (Fsp3) is 0.948. The number of unbranched alkanes of at least 4 members (excludes halogenated alkanes) is 37. The van der Waals surface area contributed by atoms with E-state index in [1.54, 1.807) is 0 Å². The highest BCUT2D eigenvalue weighted by Gasteiger charge is 2.19. The van der Waals surface area contributed by atoms with Crippen LogP contribution in [0.5, 0.6) is 0 Å². The van der Waals surface area contributed by atoms with E-state index < -0.39 is 6.10 Å². The molecule has 64 heavy (non-hydrogen) atoms. The van der Waals surface area contributed by atoms with Crippen molar-refractivity contribution in [3.8, 4) is 0 Å². The quantitative estimate of drug-likeness (QED) is 0.0344. The smallest absolute Gasteiger partial charge is 0.306 e.